The van der Waals surface area contributed by atoms with Crippen LogP contribution in [0.25, 0.3) is 11.1 Å². The summed E-state index contributed by atoms with van der Waals surface area (Å²) in [4.78, 5) is 0. The van der Waals surface area contributed by atoms with E-state index < -0.39 is 0 Å². The first-order chi connectivity index (χ1) is 10.7. The molecular weight excluding hydrogens is 276 g/mol. The molecule has 0 aromatic heterocycles. The summed E-state index contributed by atoms with van der Waals surface area (Å²) in [6, 6.07) is 12.2. The number of hydrogen-bond acceptors (Lipinski definition) is 3. The summed E-state index contributed by atoms with van der Waals surface area (Å²) in [5.74, 6) is 0.910. The van der Waals surface area contributed by atoms with Crippen molar-refractivity contribution in [3.8, 4) is 16.9 Å². The second-order valence-electron chi connectivity index (χ2n) is 5.89. The highest BCUT2D eigenvalue weighted by Gasteiger charge is 2.18. The van der Waals surface area contributed by atoms with Crippen LogP contribution < -0.4 is 4.74 Å². The van der Waals surface area contributed by atoms with Crippen molar-refractivity contribution in [2.24, 2.45) is 0 Å². The molecule has 1 fully saturated rings. The number of aliphatic hydroxyl groups excluding tert-OH is 1. The monoisotopic (exact) mass is 298 g/mol. The highest BCUT2D eigenvalue weighted by atomic mass is 16.5. The molecule has 0 saturated carbocycles. The molecular formula is C19H22O3. The van der Waals surface area contributed by atoms with Gasteiger partial charge in [-0.25, -0.2) is 0 Å². The second kappa shape index (κ2) is 6.51. The van der Waals surface area contributed by atoms with E-state index in [1.165, 1.54) is 16.7 Å². The fraction of sp³-hybridized carbons (Fsp3) is 0.368. The average Bonchev–Trinajstić information content (AvgIpc) is 2.99. The van der Waals surface area contributed by atoms with E-state index in [1.807, 2.05) is 18.2 Å². The van der Waals surface area contributed by atoms with Gasteiger partial charge in [0.1, 0.15) is 11.9 Å². The third-order valence-corrected chi connectivity index (χ3v) is 4.10. The largest absolute Gasteiger partial charge is 0.488 e. The Kier molecular flexibility index (Phi) is 4.46. The van der Waals surface area contributed by atoms with Crippen molar-refractivity contribution in [3.05, 3.63) is 53.1 Å². The molecule has 0 radical (unpaired) electrons. The van der Waals surface area contributed by atoms with Gasteiger partial charge in [-0.15, -0.1) is 0 Å². The quantitative estimate of drug-likeness (QED) is 0.936. The zero-order chi connectivity index (χ0) is 15.5. The van der Waals surface area contributed by atoms with Crippen molar-refractivity contribution < 1.29 is 14.6 Å². The third kappa shape index (κ3) is 3.16. The van der Waals surface area contributed by atoms with Gasteiger partial charge < -0.3 is 14.6 Å². The van der Waals surface area contributed by atoms with E-state index in [0.717, 1.165) is 29.9 Å². The summed E-state index contributed by atoms with van der Waals surface area (Å²) in [6.45, 7) is 5.74. The molecule has 0 unspecified atom stereocenters. The Morgan fingerprint density at radius 2 is 1.95 bits per heavy atom. The predicted octanol–water partition coefficient (Wildman–Crippen LogP) is 3.63. The summed E-state index contributed by atoms with van der Waals surface area (Å²) in [6.07, 6.45) is 1.13. The lowest BCUT2D eigenvalue weighted by Crippen LogP contribution is -2.15. The number of ether oxygens (including phenoxy) is 2. The van der Waals surface area contributed by atoms with Crippen molar-refractivity contribution in [2.45, 2.75) is 33.0 Å². The smallest absolute Gasteiger partial charge is 0.124 e. The molecule has 0 aliphatic carbocycles. The van der Waals surface area contributed by atoms with Gasteiger partial charge >= 0.3 is 0 Å². The molecule has 3 heteroatoms. The zero-order valence-corrected chi connectivity index (χ0v) is 13.1. The summed E-state index contributed by atoms with van der Waals surface area (Å²) in [5.41, 5.74) is 5.65. The standard InChI is InChI=1S/C19H22O3/c1-13-8-18(22-17-6-7-21-12-17)9-14(2)19(13)16-5-3-4-15(10-16)11-20/h3-5,8-10,17,20H,6-7,11-12H2,1-2H3/t17-/m0/s1. The van der Waals surface area contributed by atoms with Crippen molar-refractivity contribution in [1.29, 1.82) is 0 Å². The van der Waals surface area contributed by atoms with Crippen LogP contribution in [0.1, 0.15) is 23.1 Å². The predicted molar refractivity (Wildman–Crippen MR) is 87.1 cm³/mol. The molecule has 1 saturated heterocycles. The third-order valence-electron chi connectivity index (χ3n) is 4.10. The number of hydrogen-bond donors (Lipinski definition) is 1. The molecule has 1 aliphatic rings. The fourth-order valence-electron chi connectivity index (χ4n) is 3.07. The molecule has 22 heavy (non-hydrogen) atoms. The minimum atomic E-state index is 0.0643. The topological polar surface area (TPSA) is 38.7 Å². The van der Waals surface area contributed by atoms with Crippen LogP contribution in [0.5, 0.6) is 5.75 Å². The van der Waals surface area contributed by atoms with Crippen LogP contribution in [0, 0.1) is 13.8 Å². The maximum absolute atomic E-state index is 9.32. The summed E-state index contributed by atoms with van der Waals surface area (Å²) in [5, 5.41) is 9.32. The molecule has 1 heterocycles. The Balaban J connectivity index is 1.91. The highest BCUT2D eigenvalue weighted by molar-refractivity contribution is 5.72. The lowest BCUT2D eigenvalue weighted by atomic mass is 9.94. The van der Waals surface area contributed by atoms with Gasteiger partial charge in [-0.2, -0.15) is 0 Å². The molecule has 2 aromatic rings. The van der Waals surface area contributed by atoms with Crippen LogP contribution in [0.3, 0.4) is 0 Å². The minimum absolute atomic E-state index is 0.0643. The summed E-state index contributed by atoms with van der Waals surface area (Å²) in [7, 11) is 0. The average molecular weight is 298 g/mol. The molecule has 1 atom stereocenters. The van der Waals surface area contributed by atoms with Crippen LogP contribution in [-0.2, 0) is 11.3 Å². The molecule has 2 aromatic carbocycles. The highest BCUT2D eigenvalue weighted by Crippen LogP contribution is 2.32. The van der Waals surface area contributed by atoms with Crippen LogP contribution in [-0.4, -0.2) is 24.4 Å². The molecule has 0 spiro atoms. The van der Waals surface area contributed by atoms with E-state index >= 15 is 0 Å². The number of benzene rings is 2. The lowest BCUT2D eigenvalue weighted by Gasteiger charge is -2.17. The van der Waals surface area contributed by atoms with Crippen LogP contribution in [0.4, 0.5) is 0 Å². The maximum atomic E-state index is 9.32. The zero-order valence-electron chi connectivity index (χ0n) is 13.1. The van der Waals surface area contributed by atoms with Gasteiger partial charge in [0.2, 0.25) is 0 Å². The van der Waals surface area contributed by atoms with E-state index in [0.29, 0.717) is 6.61 Å². The van der Waals surface area contributed by atoms with Crippen LogP contribution in [0.2, 0.25) is 0 Å². The first kappa shape index (κ1) is 15.1. The van der Waals surface area contributed by atoms with E-state index in [4.69, 9.17) is 9.47 Å². The first-order valence-electron chi connectivity index (χ1n) is 7.73. The Labute approximate surface area is 131 Å². The Morgan fingerprint density at radius 3 is 2.59 bits per heavy atom. The van der Waals surface area contributed by atoms with Crippen molar-refractivity contribution in [1.82, 2.24) is 0 Å². The van der Waals surface area contributed by atoms with Crippen LogP contribution in [0.15, 0.2) is 36.4 Å². The van der Waals surface area contributed by atoms with Gasteiger partial charge in [-0.05, 0) is 59.9 Å². The number of aryl methyl sites for hydroxylation is 2. The molecule has 0 bridgehead atoms. The summed E-state index contributed by atoms with van der Waals surface area (Å²) >= 11 is 0. The molecule has 0 amide bonds. The molecule has 1 aliphatic heterocycles. The van der Waals surface area contributed by atoms with Crippen LogP contribution >= 0.6 is 0 Å². The molecule has 116 valence electrons. The Morgan fingerprint density at radius 1 is 1.18 bits per heavy atom. The van der Waals surface area contributed by atoms with Crippen molar-refractivity contribution in [2.75, 3.05) is 13.2 Å². The van der Waals surface area contributed by atoms with Gasteiger partial charge in [0.15, 0.2) is 0 Å². The van der Waals surface area contributed by atoms with Gasteiger partial charge in [0.05, 0.1) is 19.8 Å². The molecule has 3 rings (SSSR count). The van der Waals surface area contributed by atoms with E-state index in [2.05, 4.69) is 32.0 Å². The number of aliphatic hydroxyl groups is 1. The van der Waals surface area contributed by atoms with Gasteiger partial charge in [0, 0.05) is 6.42 Å². The van der Waals surface area contributed by atoms with Crippen molar-refractivity contribution >= 4 is 0 Å². The normalized spacial score (nSPS) is 17.7. The van der Waals surface area contributed by atoms with E-state index in [1.54, 1.807) is 0 Å². The Bertz CT molecular complexity index is 634. The molecule has 3 nitrogen and oxygen atoms in total. The van der Waals surface area contributed by atoms with Gasteiger partial charge in [0.25, 0.3) is 0 Å². The minimum Gasteiger partial charge on any atom is -0.488 e. The van der Waals surface area contributed by atoms with E-state index in [-0.39, 0.29) is 12.7 Å². The van der Waals surface area contributed by atoms with Crippen molar-refractivity contribution in [3.63, 3.8) is 0 Å². The fourth-order valence-corrected chi connectivity index (χ4v) is 3.07. The molecule has 1 N–H and O–H groups in total. The first-order valence-corrected chi connectivity index (χ1v) is 7.73. The van der Waals surface area contributed by atoms with Gasteiger partial charge in [-0.3, -0.25) is 0 Å². The van der Waals surface area contributed by atoms with E-state index in [9.17, 15) is 5.11 Å². The van der Waals surface area contributed by atoms with Gasteiger partial charge in [-0.1, -0.05) is 18.2 Å². The maximum Gasteiger partial charge on any atom is 0.124 e. The second-order valence-corrected chi connectivity index (χ2v) is 5.89. The Hall–Kier alpha value is -1.84. The SMILES string of the molecule is Cc1cc(O[C@H]2CCOC2)cc(C)c1-c1cccc(CO)c1. The lowest BCUT2D eigenvalue weighted by molar-refractivity contribution is 0.141. The summed E-state index contributed by atoms with van der Waals surface area (Å²) < 4.78 is 11.4. The number of rotatable bonds is 4.